The van der Waals surface area contributed by atoms with Gasteiger partial charge in [-0.2, -0.15) is 0 Å². The molecule has 0 aromatic carbocycles. The first kappa shape index (κ1) is 14.2. The molecule has 1 aromatic heterocycles. The van der Waals surface area contributed by atoms with Gasteiger partial charge in [-0.1, -0.05) is 35.7 Å². The second-order valence-electron chi connectivity index (χ2n) is 4.05. The van der Waals surface area contributed by atoms with Crippen LogP contribution in [0, 0.1) is 0 Å². The Labute approximate surface area is 111 Å². The number of nitrogens with zero attached hydrogens (tertiary/aromatic N) is 2. The van der Waals surface area contributed by atoms with Crippen LogP contribution in [-0.4, -0.2) is 26.8 Å². The van der Waals surface area contributed by atoms with Crippen molar-refractivity contribution in [3.05, 3.63) is 18.7 Å². The lowest BCUT2D eigenvalue weighted by molar-refractivity contribution is -0.120. The lowest BCUT2D eigenvalue weighted by Gasteiger charge is -2.10. The maximum atomic E-state index is 11.6. The summed E-state index contributed by atoms with van der Waals surface area (Å²) in [5.41, 5.74) is 0. The number of aryl methyl sites for hydroxylation is 1. The van der Waals surface area contributed by atoms with Gasteiger partial charge >= 0.3 is 0 Å². The van der Waals surface area contributed by atoms with Crippen LogP contribution in [-0.2, 0) is 11.3 Å². The lowest BCUT2D eigenvalue weighted by Crippen LogP contribution is -2.32. The van der Waals surface area contributed by atoms with Crippen molar-refractivity contribution in [3.63, 3.8) is 0 Å². The molecular weight excluding hydrogens is 282 g/mol. The number of aromatic nitrogens is 2. The van der Waals surface area contributed by atoms with Gasteiger partial charge in [-0.3, -0.25) is 4.79 Å². The number of rotatable bonds is 8. The molecule has 0 saturated carbocycles. The Hall–Kier alpha value is -0.840. The van der Waals surface area contributed by atoms with Gasteiger partial charge in [0.1, 0.15) is 0 Å². The molecule has 0 aliphatic rings. The predicted octanol–water partition coefficient (Wildman–Crippen LogP) is 2.34. The number of amides is 1. The van der Waals surface area contributed by atoms with Crippen molar-refractivity contribution in [2.24, 2.45) is 0 Å². The van der Waals surface area contributed by atoms with Crippen LogP contribution in [0.15, 0.2) is 18.7 Å². The molecule has 0 aliphatic carbocycles. The molecule has 0 aliphatic heterocycles. The molecule has 0 fully saturated rings. The topological polar surface area (TPSA) is 46.9 Å². The highest BCUT2D eigenvalue weighted by molar-refractivity contribution is 9.10. The summed E-state index contributed by atoms with van der Waals surface area (Å²) in [7, 11) is 0. The maximum absolute atomic E-state index is 11.6. The summed E-state index contributed by atoms with van der Waals surface area (Å²) in [5.74, 6) is 0.101. The zero-order valence-electron chi connectivity index (χ0n) is 10.2. The van der Waals surface area contributed by atoms with Crippen LogP contribution in [0.25, 0.3) is 0 Å². The Morgan fingerprint density at radius 1 is 1.53 bits per heavy atom. The molecule has 96 valence electrons. The summed E-state index contributed by atoms with van der Waals surface area (Å²) in [6.07, 6.45) is 9.51. The summed E-state index contributed by atoms with van der Waals surface area (Å²) in [4.78, 5) is 15.6. The smallest absolute Gasteiger partial charge is 0.233 e. The summed E-state index contributed by atoms with van der Waals surface area (Å²) < 4.78 is 2.01. The number of imidazole rings is 1. The Morgan fingerprint density at radius 3 is 3.00 bits per heavy atom. The van der Waals surface area contributed by atoms with E-state index in [0.29, 0.717) is 6.54 Å². The minimum atomic E-state index is -0.0457. The molecule has 0 radical (unpaired) electrons. The van der Waals surface area contributed by atoms with E-state index >= 15 is 0 Å². The quantitative estimate of drug-likeness (QED) is 0.592. The standard InChI is InChI=1S/C12H20BrN3O/c1-2-3-5-11(13)12(17)15-6-4-8-16-9-7-14-10-16/h7,9-11H,2-6,8H2,1H3,(H,15,17). The number of nitrogens with one attached hydrogen (secondary N) is 1. The van der Waals surface area contributed by atoms with Crippen molar-refractivity contribution in [2.45, 2.75) is 44.0 Å². The number of alkyl halides is 1. The molecule has 1 N–H and O–H groups in total. The largest absolute Gasteiger partial charge is 0.355 e. The normalized spacial score (nSPS) is 12.4. The van der Waals surface area contributed by atoms with E-state index in [4.69, 9.17) is 0 Å². The van der Waals surface area contributed by atoms with Crippen molar-refractivity contribution in [2.75, 3.05) is 6.54 Å². The average Bonchev–Trinajstić information content (AvgIpc) is 2.84. The Kier molecular flexibility index (Phi) is 6.93. The highest BCUT2D eigenvalue weighted by Crippen LogP contribution is 2.09. The molecule has 1 unspecified atom stereocenters. The van der Waals surface area contributed by atoms with Gasteiger partial charge < -0.3 is 9.88 Å². The predicted molar refractivity (Wildman–Crippen MR) is 72.1 cm³/mol. The van der Waals surface area contributed by atoms with Gasteiger partial charge in [0.25, 0.3) is 0 Å². The first-order valence-electron chi connectivity index (χ1n) is 6.11. The van der Waals surface area contributed by atoms with Crippen molar-refractivity contribution in [1.29, 1.82) is 0 Å². The molecule has 1 heterocycles. The summed E-state index contributed by atoms with van der Waals surface area (Å²) in [6, 6.07) is 0. The van der Waals surface area contributed by atoms with Crippen LogP contribution < -0.4 is 5.32 Å². The van der Waals surface area contributed by atoms with E-state index in [1.165, 1.54) is 0 Å². The maximum Gasteiger partial charge on any atom is 0.233 e. The lowest BCUT2D eigenvalue weighted by atomic mass is 10.2. The fraction of sp³-hybridized carbons (Fsp3) is 0.667. The molecule has 1 atom stereocenters. The van der Waals surface area contributed by atoms with Gasteiger partial charge in [0.15, 0.2) is 0 Å². The average molecular weight is 302 g/mol. The van der Waals surface area contributed by atoms with Crippen LogP contribution in [0.5, 0.6) is 0 Å². The summed E-state index contributed by atoms with van der Waals surface area (Å²) in [5, 5.41) is 2.93. The van der Waals surface area contributed by atoms with Gasteiger partial charge in [-0.25, -0.2) is 4.98 Å². The third-order valence-corrected chi connectivity index (χ3v) is 3.42. The molecule has 1 aromatic rings. The minimum absolute atomic E-state index is 0.0457. The van der Waals surface area contributed by atoms with E-state index in [1.54, 1.807) is 12.5 Å². The first-order valence-corrected chi connectivity index (χ1v) is 7.03. The van der Waals surface area contributed by atoms with Gasteiger partial charge in [-0.15, -0.1) is 0 Å². The SMILES string of the molecule is CCCCC(Br)C(=O)NCCCn1ccnc1. The summed E-state index contributed by atoms with van der Waals surface area (Å²) >= 11 is 3.41. The highest BCUT2D eigenvalue weighted by Gasteiger charge is 2.12. The number of unbranched alkanes of at least 4 members (excludes halogenated alkanes) is 1. The van der Waals surface area contributed by atoms with E-state index in [2.05, 4.69) is 33.2 Å². The molecule has 0 saturated heterocycles. The number of halogens is 1. The van der Waals surface area contributed by atoms with Gasteiger partial charge in [0.05, 0.1) is 11.2 Å². The Balaban J connectivity index is 2.07. The van der Waals surface area contributed by atoms with E-state index < -0.39 is 0 Å². The van der Waals surface area contributed by atoms with Gasteiger partial charge in [-0.05, 0) is 12.8 Å². The van der Waals surface area contributed by atoms with E-state index in [0.717, 1.165) is 32.2 Å². The molecule has 4 nitrogen and oxygen atoms in total. The van der Waals surface area contributed by atoms with Crippen LogP contribution >= 0.6 is 15.9 Å². The van der Waals surface area contributed by atoms with E-state index in [9.17, 15) is 4.79 Å². The number of hydrogen-bond acceptors (Lipinski definition) is 2. The molecular formula is C12H20BrN3O. The third-order valence-electron chi connectivity index (χ3n) is 2.55. The zero-order chi connectivity index (χ0) is 12.5. The number of carbonyl (C=O) groups excluding carboxylic acids is 1. The second-order valence-corrected chi connectivity index (χ2v) is 5.16. The number of carbonyl (C=O) groups is 1. The molecule has 0 spiro atoms. The van der Waals surface area contributed by atoms with Crippen LogP contribution in [0.2, 0.25) is 0 Å². The van der Waals surface area contributed by atoms with E-state index in [-0.39, 0.29) is 10.7 Å². The fourth-order valence-corrected chi connectivity index (χ4v) is 2.00. The second kappa shape index (κ2) is 8.28. The van der Waals surface area contributed by atoms with Crippen LogP contribution in [0.4, 0.5) is 0 Å². The zero-order valence-corrected chi connectivity index (χ0v) is 11.8. The van der Waals surface area contributed by atoms with Crippen LogP contribution in [0.1, 0.15) is 32.6 Å². The molecule has 1 rings (SSSR count). The van der Waals surface area contributed by atoms with Crippen molar-refractivity contribution >= 4 is 21.8 Å². The molecule has 1 amide bonds. The molecule has 0 bridgehead atoms. The highest BCUT2D eigenvalue weighted by atomic mass is 79.9. The Bertz CT molecular complexity index is 314. The van der Waals surface area contributed by atoms with Crippen molar-refractivity contribution < 1.29 is 4.79 Å². The van der Waals surface area contributed by atoms with Gasteiger partial charge in [0, 0.05) is 25.5 Å². The Morgan fingerprint density at radius 2 is 2.35 bits per heavy atom. The van der Waals surface area contributed by atoms with Crippen LogP contribution in [0.3, 0.4) is 0 Å². The van der Waals surface area contributed by atoms with Gasteiger partial charge in [0.2, 0.25) is 5.91 Å². The monoisotopic (exact) mass is 301 g/mol. The van der Waals surface area contributed by atoms with Crippen molar-refractivity contribution in [1.82, 2.24) is 14.9 Å². The fourth-order valence-electron chi connectivity index (χ4n) is 1.52. The third kappa shape index (κ3) is 5.86. The number of hydrogen-bond donors (Lipinski definition) is 1. The van der Waals surface area contributed by atoms with Crippen molar-refractivity contribution in [3.8, 4) is 0 Å². The van der Waals surface area contributed by atoms with E-state index in [1.807, 2.05) is 10.8 Å². The summed E-state index contributed by atoms with van der Waals surface area (Å²) in [6.45, 7) is 3.73. The first-order chi connectivity index (χ1) is 8.24. The molecule has 5 heteroatoms. The molecule has 17 heavy (non-hydrogen) atoms. The minimum Gasteiger partial charge on any atom is -0.355 e.